The van der Waals surface area contributed by atoms with E-state index in [-0.39, 0.29) is 0 Å². The van der Waals surface area contributed by atoms with Crippen LogP contribution in [0.3, 0.4) is 0 Å². The lowest BCUT2D eigenvalue weighted by Gasteiger charge is -2.06. The molecule has 15 heavy (non-hydrogen) atoms. The monoisotopic (exact) mass is 192 g/mol. The molecular formula is C14H10N. The van der Waals surface area contributed by atoms with Gasteiger partial charge in [0, 0.05) is 11.8 Å². The zero-order valence-corrected chi connectivity index (χ0v) is 8.22. The Morgan fingerprint density at radius 1 is 0.867 bits per heavy atom. The zero-order valence-electron chi connectivity index (χ0n) is 8.22. The number of allylic oxidation sites excluding steroid dienone is 2. The van der Waals surface area contributed by atoms with Crippen LogP contribution in [-0.2, 0) is 0 Å². The van der Waals surface area contributed by atoms with Crippen molar-refractivity contribution in [3.8, 4) is 0 Å². The number of hydrogen-bond donors (Lipinski definition) is 0. The molecular weight excluding hydrogens is 182 g/mol. The van der Waals surface area contributed by atoms with E-state index in [0.717, 1.165) is 5.70 Å². The highest BCUT2D eigenvalue weighted by atomic mass is 14.9. The van der Waals surface area contributed by atoms with E-state index < -0.39 is 0 Å². The van der Waals surface area contributed by atoms with E-state index in [1.165, 1.54) is 16.3 Å². The van der Waals surface area contributed by atoms with Crippen molar-refractivity contribution < 1.29 is 0 Å². The van der Waals surface area contributed by atoms with E-state index in [2.05, 4.69) is 47.8 Å². The average molecular weight is 192 g/mol. The number of benzene rings is 2. The summed E-state index contributed by atoms with van der Waals surface area (Å²) in [5, 5.41) is 6.86. The predicted octanol–water partition coefficient (Wildman–Crippen LogP) is 3.31. The van der Waals surface area contributed by atoms with Gasteiger partial charge in [-0.15, -0.1) is 0 Å². The highest BCUT2D eigenvalue weighted by Crippen LogP contribution is 2.25. The van der Waals surface area contributed by atoms with Crippen LogP contribution in [0.25, 0.3) is 16.5 Å². The van der Waals surface area contributed by atoms with Crippen LogP contribution in [0.2, 0.25) is 0 Å². The normalized spacial score (nSPS) is 14.0. The molecule has 1 heteroatoms. The van der Waals surface area contributed by atoms with Gasteiger partial charge in [0.2, 0.25) is 0 Å². The first kappa shape index (κ1) is 8.30. The minimum Gasteiger partial charge on any atom is -0.256 e. The largest absolute Gasteiger partial charge is 0.256 e. The summed E-state index contributed by atoms with van der Waals surface area (Å²) in [7, 11) is 0. The summed E-state index contributed by atoms with van der Waals surface area (Å²) in [5.74, 6) is 0. The van der Waals surface area contributed by atoms with Gasteiger partial charge in [-0.2, -0.15) is 0 Å². The second-order valence-electron chi connectivity index (χ2n) is 3.55. The number of rotatable bonds is 1. The fourth-order valence-corrected chi connectivity index (χ4v) is 1.91. The van der Waals surface area contributed by atoms with Crippen LogP contribution in [0.15, 0.2) is 60.8 Å². The number of hydrogen-bond acceptors (Lipinski definition) is 0. The third-order valence-corrected chi connectivity index (χ3v) is 2.62. The molecule has 3 rings (SSSR count). The average Bonchev–Trinajstić information content (AvgIpc) is 2.82. The molecule has 0 spiro atoms. The second-order valence-corrected chi connectivity index (χ2v) is 3.55. The summed E-state index contributed by atoms with van der Waals surface area (Å²) in [4.78, 5) is 0. The smallest absolute Gasteiger partial charge is 0.0708 e. The predicted molar refractivity (Wildman–Crippen MR) is 63.2 cm³/mol. The van der Waals surface area contributed by atoms with Crippen molar-refractivity contribution in [1.82, 2.24) is 5.32 Å². The van der Waals surface area contributed by atoms with Crippen molar-refractivity contribution in [2.24, 2.45) is 0 Å². The van der Waals surface area contributed by atoms with Crippen LogP contribution < -0.4 is 5.32 Å². The highest BCUT2D eigenvalue weighted by Gasteiger charge is 2.07. The van der Waals surface area contributed by atoms with Crippen LogP contribution >= 0.6 is 0 Å². The molecule has 2 aromatic carbocycles. The third-order valence-electron chi connectivity index (χ3n) is 2.62. The van der Waals surface area contributed by atoms with Crippen LogP contribution in [-0.4, -0.2) is 0 Å². The summed E-state index contributed by atoms with van der Waals surface area (Å²) in [6, 6.07) is 14.7. The van der Waals surface area contributed by atoms with Crippen molar-refractivity contribution in [3.63, 3.8) is 0 Å². The molecule has 1 aliphatic rings. The Morgan fingerprint density at radius 2 is 1.73 bits per heavy atom. The lowest BCUT2D eigenvalue weighted by molar-refractivity contribution is 1.23. The quantitative estimate of drug-likeness (QED) is 0.658. The fourth-order valence-electron chi connectivity index (χ4n) is 1.91. The summed E-state index contributed by atoms with van der Waals surface area (Å²) < 4.78 is 0. The van der Waals surface area contributed by atoms with Gasteiger partial charge in [0.15, 0.2) is 0 Å². The first-order valence-electron chi connectivity index (χ1n) is 5.01. The maximum atomic E-state index is 4.34. The van der Waals surface area contributed by atoms with Crippen LogP contribution in [0.5, 0.6) is 0 Å². The molecule has 1 nitrogen and oxygen atoms in total. The van der Waals surface area contributed by atoms with Gasteiger partial charge in [-0.1, -0.05) is 42.5 Å². The van der Waals surface area contributed by atoms with E-state index in [1.54, 1.807) is 0 Å². The molecule has 1 heterocycles. The maximum absolute atomic E-state index is 4.34. The molecule has 0 aromatic heterocycles. The first-order valence-corrected chi connectivity index (χ1v) is 5.01. The Morgan fingerprint density at radius 3 is 2.60 bits per heavy atom. The highest BCUT2D eigenvalue weighted by molar-refractivity contribution is 5.94. The van der Waals surface area contributed by atoms with Crippen LogP contribution in [0.1, 0.15) is 5.56 Å². The number of nitrogens with zero attached hydrogens (tertiary/aromatic N) is 1. The van der Waals surface area contributed by atoms with Gasteiger partial charge in [0.05, 0.1) is 5.70 Å². The molecule has 0 saturated carbocycles. The van der Waals surface area contributed by atoms with Crippen molar-refractivity contribution in [3.05, 3.63) is 66.4 Å². The Kier molecular flexibility index (Phi) is 1.82. The standard InChI is InChI=1S/C14H10N/c1-2-7-12-11(5-1)6-3-8-13(12)14-9-4-10-15-14/h1-10H. The summed E-state index contributed by atoms with van der Waals surface area (Å²) in [5.41, 5.74) is 2.25. The van der Waals surface area contributed by atoms with E-state index in [1.807, 2.05) is 18.4 Å². The van der Waals surface area contributed by atoms with Gasteiger partial charge in [0.1, 0.15) is 0 Å². The molecule has 1 aliphatic heterocycles. The van der Waals surface area contributed by atoms with Crippen LogP contribution in [0, 0.1) is 0 Å². The molecule has 0 bridgehead atoms. The Balaban J connectivity index is 2.26. The molecule has 0 atom stereocenters. The van der Waals surface area contributed by atoms with Gasteiger partial charge in [-0.05, 0) is 22.9 Å². The van der Waals surface area contributed by atoms with Crippen molar-refractivity contribution in [2.45, 2.75) is 0 Å². The second kappa shape index (κ2) is 3.28. The lowest BCUT2D eigenvalue weighted by Crippen LogP contribution is -1.92. The molecule has 71 valence electrons. The SMILES string of the molecule is C1=C[N]C(c2cccc3ccccc23)=C1. The van der Waals surface area contributed by atoms with Crippen LogP contribution in [0.4, 0.5) is 0 Å². The molecule has 0 saturated heterocycles. The van der Waals surface area contributed by atoms with Gasteiger partial charge >= 0.3 is 0 Å². The third kappa shape index (κ3) is 1.33. The maximum Gasteiger partial charge on any atom is 0.0708 e. The summed E-state index contributed by atoms with van der Waals surface area (Å²) >= 11 is 0. The molecule has 0 unspecified atom stereocenters. The lowest BCUT2D eigenvalue weighted by atomic mass is 10.0. The van der Waals surface area contributed by atoms with Crippen molar-refractivity contribution in [1.29, 1.82) is 0 Å². The minimum absolute atomic E-state index is 1.05. The molecule has 2 aromatic rings. The van der Waals surface area contributed by atoms with E-state index in [4.69, 9.17) is 0 Å². The summed E-state index contributed by atoms with van der Waals surface area (Å²) in [6.07, 6.45) is 5.84. The van der Waals surface area contributed by atoms with Gasteiger partial charge < -0.3 is 0 Å². The molecule has 0 aliphatic carbocycles. The summed E-state index contributed by atoms with van der Waals surface area (Å²) in [6.45, 7) is 0. The Labute approximate surface area is 88.7 Å². The zero-order chi connectivity index (χ0) is 10.1. The van der Waals surface area contributed by atoms with Gasteiger partial charge in [-0.25, -0.2) is 0 Å². The molecule has 0 amide bonds. The first-order chi connectivity index (χ1) is 7.45. The number of fused-ring (bicyclic) bond motifs is 1. The van der Waals surface area contributed by atoms with Crippen molar-refractivity contribution >= 4 is 16.5 Å². The fraction of sp³-hybridized carbons (Fsp3) is 0. The Bertz CT molecular complexity index is 559. The molecule has 0 fully saturated rings. The van der Waals surface area contributed by atoms with E-state index in [9.17, 15) is 0 Å². The molecule has 1 radical (unpaired) electrons. The molecule has 0 N–H and O–H groups in total. The van der Waals surface area contributed by atoms with E-state index >= 15 is 0 Å². The van der Waals surface area contributed by atoms with Crippen molar-refractivity contribution in [2.75, 3.05) is 0 Å². The van der Waals surface area contributed by atoms with E-state index in [0.29, 0.717) is 0 Å². The minimum atomic E-state index is 1.05. The Hall–Kier alpha value is -2.02. The van der Waals surface area contributed by atoms with Gasteiger partial charge in [0.25, 0.3) is 0 Å². The topological polar surface area (TPSA) is 14.1 Å². The van der Waals surface area contributed by atoms with Gasteiger partial charge in [-0.3, -0.25) is 5.32 Å².